The zero-order valence-corrected chi connectivity index (χ0v) is 15.3. The molecular weight excluding hydrogens is 384 g/mol. The highest BCUT2D eigenvalue weighted by molar-refractivity contribution is 8.00. The van der Waals surface area contributed by atoms with Crippen molar-refractivity contribution < 1.29 is 23.0 Å². The molecule has 1 aliphatic heterocycles. The molecule has 138 valence electrons. The lowest BCUT2D eigenvalue weighted by molar-refractivity contribution is -0.118. The van der Waals surface area contributed by atoms with Crippen molar-refractivity contribution in [1.82, 2.24) is 5.32 Å². The highest BCUT2D eigenvalue weighted by atomic mass is 35.5. The molecule has 3 rings (SSSR count). The number of carbonyl (C=O) groups is 1. The average Bonchev–Trinajstić information content (AvgIpc) is 2.86. The van der Waals surface area contributed by atoms with Crippen molar-refractivity contribution in [2.24, 2.45) is 0 Å². The van der Waals surface area contributed by atoms with Gasteiger partial charge < -0.3 is 14.8 Å². The number of benzene rings is 2. The van der Waals surface area contributed by atoms with E-state index in [2.05, 4.69) is 5.32 Å². The standard InChI is InChI=1S/C18H16ClF2NO3S/c19-13-6-11(7-15-18(13)25-5-1-4-24-15)9-22-17(23)10-26-16-8-12(20)2-3-14(16)21/h2-3,6-8H,1,4-5,9-10H2,(H,22,23). The number of fused-ring (bicyclic) bond motifs is 1. The first kappa shape index (κ1) is 18.8. The molecule has 4 nitrogen and oxygen atoms in total. The van der Waals surface area contributed by atoms with Crippen LogP contribution >= 0.6 is 23.4 Å². The molecule has 1 amide bonds. The molecule has 0 bridgehead atoms. The fraction of sp³-hybridized carbons (Fsp3) is 0.278. The van der Waals surface area contributed by atoms with Gasteiger partial charge in [0.1, 0.15) is 11.6 Å². The Hall–Kier alpha value is -1.99. The molecule has 8 heteroatoms. The van der Waals surface area contributed by atoms with Crippen molar-refractivity contribution in [1.29, 1.82) is 0 Å². The van der Waals surface area contributed by atoms with E-state index in [0.29, 0.717) is 29.7 Å². The molecule has 1 aliphatic rings. The smallest absolute Gasteiger partial charge is 0.230 e. The van der Waals surface area contributed by atoms with Crippen molar-refractivity contribution in [2.45, 2.75) is 17.9 Å². The number of nitrogens with one attached hydrogen (secondary N) is 1. The Bertz CT molecular complexity index is 819. The second-order valence-electron chi connectivity index (χ2n) is 5.60. The Balaban J connectivity index is 1.57. The minimum atomic E-state index is -0.557. The van der Waals surface area contributed by atoms with Crippen molar-refractivity contribution >= 4 is 29.3 Å². The normalized spacial score (nSPS) is 13.2. The predicted octanol–water partition coefficient (Wildman–Crippen LogP) is 4.19. The van der Waals surface area contributed by atoms with E-state index in [1.165, 1.54) is 0 Å². The minimum Gasteiger partial charge on any atom is -0.489 e. The largest absolute Gasteiger partial charge is 0.489 e. The van der Waals surface area contributed by atoms with E-state index in [1.54, 1.807) is 12.1 Å². The molecule has 0 saturated heterocycles. The topological polar surface area (TPSA) is 47.6 Å². The zero-order valence-electron chi connectivity index (χ0n) is 13.7. The van der Waals surface area contributed by atoms with Gasteiger partial charge in [-0.25, -0.2) is 8.78 Å². The molecule has 0 aliphatic carbocycles. The van der Waals surface area contributed by atoms with Crippen molar-refractivity contribution in [3.8, 4) is 11.5 Å². The fourth-order valence-electron chi connectivity index (χ4n) is 2.37. The maximum Gasteiger partial charge on any atom is 0.230 e. The average molecular weight is 400 g/mol. The molecule has 1 heterocycles. The zero-order chi connectivity index (χ0) is 18.5. The number of rotatable bonds is 5. The van der Waals surface area contributed by atoms with Crippen molar-refractivity contribution in [3.63, 3.8) is 0 Å². The van der Waals surface area contributed by atoms with Gasteiger partial charge in [0, 0.05) is 17.9 Å². The summed E-state index contributed by atoms with van der Waals surface area (Å²) in [6.45, 7) is 1.31. The number of amides is 1. The number of hydrogen-bond donors (Lipinski definition) is 1. The van der Waals surface area contributed by atoms with Crippen LogP contribution in [0, 0.1) is 11.6 Å². The number of thioether (sulfide) groups is 1. The molecular formula is C18H16ClF2NO3S. The van der Waals surface area contributed by atoms with Crippen LogP contribution in [0.1, 0.15) is 12.0 Å². The summed E-state index contributed by atoms with van der Waals surface area (Å²) in [5.41, 5.74) is 0.759. The van der Waals surface area contributed by atoms with Gasteiger partial charge in [0.05, 0.1) is 24.0 Å². The van der Waals surface area contributed by atoms with Crippen LogP contribution in [-0.4, -0.2) is 24.9 Å². The summed E-state index contributed by atoms with van der Waals surface area (Å²) in [4.78, 5) is 12.1. The van der Waals surface area contributed by atoms with E-state index < -0.39 is 11.6 Å². The van der Waals surface area contributed by atoms with Gasteiger partial charge in [-0.2, -0.15) is 0 Å². The van der Waals surface area contributed by atoms with Gasteiger partial charge in [-0.15, -0.1) is 11.8 Å². The molecule has 2 aromatic carbocycles. The summed E-state index contributed by atoms with van der Waals surface area (Å²) < 4.78 is 37.8. The van der Waals surface area contributed by atoms with E-state index in [4.69, 9.17) is 21.1 Å². The number of carbonyl (C=O) groups excluding carboxylic acids is 1. The van der Waals surface area contributed by atoms with Gasteiger partial charge in [0.2, 0.25) is 5.91 Å². The van der Waals surface area contributed by atoms with Crippen LogP contribution in [0.25, 0.3) is 0 Å². The number of ether oxygens (including phenoxy) is 2. The van der Waals surface area contributed by atoms with Gasteiger partial charge in [-0.05, 0) is 35.9 Å². The molecule has 26 heavy (non-hydrogen) atoms. The monoisotopic (exact) mass is 399 g/mol. The van der Waals surface area contributed by atoms with Gasteiger partial charge in [-0.1, -0.05) is 11.6 Å². The lowest BCUT2D eigenvalue weighted by Gasteiger charge is -2.12. The van der Waals surface area contributed by atoms with Crippen molar-refractivity contribution in [2.75, 3.05) is 19.0 Å². The maximum atomic E-state index is 13.5. The van der Waals surface area contributed by atoms with Crippen LogP contribution in [-0.2, 0) is 11.3 Å². The molecule has 0 atom stereocenters. The third-order valence-corrected chi connectivity index (χ3v) is 4.91. The number of halogens is 3. The molecule has 2 aromatic rings. The van der Waals surface area contributed by atoms with Gasteiger partial charge in [0.15, 0.2) is 11.5 Å². The van der Waals surface area contributed by atoms with Gasteiger partial charge >= 0.3 is 0 Å². The van der Waals surface area contributed by atoms with E-state index >= 15 is 0 Å². The van der Waals surface area contributed by atoms with Crippen LogP contribution in [0.5, 0.6) is 11.5 Å². The first-order valence-corrected chi connectivity index (χ1v) is 9.32. The molecule has 0 fully saturated rings. The molecule has 0 unspecified atom stereocenters. The Morgan fingerprint density at radius 1 is 1.19 bits per heavy atom. The summed E-state index contributed by atoms with van der Waals surface area (Å²) in [5, 5.41) is 3.14. The summed E-state index contributed by atoms with van der Waals surface area (Å²) in [5.74, 6) is -0.373. The predicted molar refractivity (Wildman–Crippen MR) is 96.0 cm³/mol. The first-order chi connectivity index (χ1) is 12.5. The third-order valence-electron chi connectivity index (χ3n) is 3.60. The van der Waals surface area contributed by atoms with E-state index in [9.17, 15) is 13.6 Å². The summed E-state index contributed by atoms with van der Waals surface area (Å²) in [6.07, 6.45) is 0.769. The fourth-order valence-corrected chi connectivity index (χ4v) is 3.45. The van der Waals surface area contributed by atoms with Crippen LogP contribution in [0.3, 0.4) is 0 Å². The summed E-state index contributed by atoms with van der Waals surface area (Å²) >= 11 is 7.15. The molecule has 0 aromatic heterocycles. The van der Waals surface area contributed by atoms with Gasteiger partial charge in [-0.3, -0.25) is 4.79 Å². The van der Waals surface area contributed by atoms with Crippen LogP contribution in [0.15, 0.2) is 35.2 Å². The summed E-state index contributed by atoms with van der Waals surface area (Å²) in [6, 6.07) is 6.61. The Labute approximate surface area is 158 Å². The lowest BCUT2D eigenvalue weighted by atomic mass is 10.2. The van der Waals surface area contributed by atoms with E-state index in [-0.39, 0.29) is 23.1 Å². The Kier molecular flexibility index (Phi) is 6.21. The van der Waals surface area contributed by atoms with E-state index in [1.807, 2.05) is 0 Å². The minimum absolute atomic E-state index is 0.0291. The summed E-state index contributed by atoms with van der Waals surface area (Å²) in [7, 11) is 0. The first-order valence-electron chi connectivity index (χ1n) is 7.95. The second kappa shape index (κ2) is 8.60. The van der Waals surface area contributed by atoms with Crippen LogP contribution < -0.4 is 14.8 Å². The van der Waals surface area contributed by atoms with Crippen LogP contribution in [0.4, 0.5) is 8.78 Å². The third kappa shape index (κ3) is 4.80. The maximum absolute atomic E-state index is 13.5. The Morgan fingerprint density at radius 2 is 2.00 bits per heavy atom. The second-order valence-corrected chi connectivity index (χ2v) is 7.02. The van der Waals surface area contributed by atoms with E-state index in [0.717, 1.165) is 41.9 Å². The molecule has 0 saturated carbocycles. The molecule has 0 spiro atoms. The molecule has 0 radical (unpaired) electrons. The highest BCUT2D eigenvalue weighted by Crippen LogP contribution is 2.38. The Morgan fingerprint density at radius 3 is 2.85 bits per heavy atom. The van der Waals surface area contributed by atoms with Crippen LogP contribution in [0.2, 0.25) is 5.02 Å². The SMILES string of the molecule is O=C(CSc1cc(F)ccc1F)NCc1cc(Cl)c2c(c1)OCCCO2. The van der Waals surface area contributed by atoms with Crippen molar-refractivity contribution in [3.05, 3.63) is 52.6 Å². The highest BCUT2D eigenvalue weighted by Gasteiger charge is 2.16. The number of hydrogen-bond acceptors (Lipinski definition) is 4. The lowest BCUT2D eigenvalue weighted by Crippen LogP contribution is -2.24. The quantitative estimate of drug-likeness (QED) is 0.766. The van der Waals surface area contributed by atoms with Gasteiger partial charge in [0.25, 0.3) is 0 Å². The molecule has 1 N–H and O–H groups in total.